The summed E-state index contributed by atoms with van der Waals surface area (Å²) in [6.45, 7) is 5.64. The topological polar surface area (TPSA) is 89.1 Å². The van der Waals surface area contributed by atoms with Gasteiger partial charge in [-0.2, -0.15) is 0 Å². The van der Waals surface area contributed by atoms with Crippen molar-refractivity contribution in [2.45, 2.75) is 36.6 Å². The van der Waals surface area contributed by atoms with Gasteiger partial charge in [-0.3, -0.25) is 0 Å². The highest BCUT2D eigenvalue weighted by atomic mass is 35.5. The van der Waals surface area contributed by atoms with E-state index in [1.807, 2.05) is 11.0 Å². The maximum absolute atomic E-state index is 13.6. The van der Waals surface area contributed by atoms with Gasteiger partial charge in [-0.05, 0) is 74.7 Å². The van der Waals surface area contributed by atoms with Crippen molar-refractivity contribution in [1.29, 1.82) is 0 Å². The summed E-state index contributed by atoms with van der Waals surface area (Å²) in [6, 6.07) is 8.18. The second kappa shape index (κ2) is 12.5. The van der Waals surface area contributed by atoms with Gasteiger partial charge in [0.25, 0.3) is 0 Å². The average Bonchev–Trinajstić information content (AvgIpc) is 2.86. The van der Waals surface area contributed by atoms with Gasteiger partial charge in [-0.25, -0.2) is 22.5 Å². The first-order valence-corrected chi connectivity index (χ1v) is 15.1. The van der Waals surface area contributed by atoms with Gasteiger partial charge < -0.3 is 20.0 Å². The van der Waals surface area contributed by atoms with E-state index in [9.17, 15) is 13.2 Å². The van der Waals surface area contributed by atoms with Crippen LogP contribution in [0.25, 0.3) is 0 Å². The largest absolute Gasteiger partial charge is 0.322 e. The summed E-state index contributed by atoms with van der Waals surface area (Å²) in [6.07, 6.45) is 3.00. The molecule has 0 saturated carbocycles. The number of rotatable bonds is 8. The van der Waals surface area contributed by atoms with Gasteiger partial charge in [0.2, 0.25) is 10.0 Å². The molecule has 208 valence electrons. The molecule has 2 aromatic rings. The van der Waals surface area contributed by atoms with Crippen LogP contribution in [0.5, 0.6) is 0 Å². The highest BCUT2D eigenvalue weighted by Gasteiger charge is 2.29. The summed E-state index contributed by atoms with van der Waals surface area (Å²) in [5, 5.41) is 3.35. The second-order valence-electron chi connectivity index (χ2n) is 10.2. The molecule has 38 heavy (non-hydrogen) atoms. The molecule has 2 aliphatic rings. The number of amides is 2. The van der Waals surface area contributed by atoms with E-state index < -0.39 is 10.0 Å². The lowest BCUT2D eigenvalue weighted by atomic mass is 9.87. The number of hydrogen-bond acceptors (Lipinski definition) is 6. The van der Waals surface area contributed by atoms with Crippen LogP contribution in [0.15, 0.2) is 35.2 Å². The van der Waals surface area contributed by atoms with Crippen molar-refractivity contribution in [3.63, 3.8) is 0 Å². The van der Waals surface area contributed by atoms with Gasteiger partial charge >= 0.3 is 6.03 Å². The molecule has 1 unspecified atom stereocenters. The molecule has 1 aromatic carbocycles. The number of urea groups is 1. The summed E-state index contributed by atoms with van der Waals surface area (Å²) in [7, 11) is 1.65. The predicted molar refractivity (Wildman–Crippen MR) is 152 cm³/mol. The zero-order chi connectivity index (χ0) is 27.4. The molecule has 1 saturated heterocycles. The van der Waals surface area contributed by atoms with E-state index in [-0.39, 0.29) is 27.3 Å². The molecular weight excluding hydrogens is 547 g/mol. The number of carbonyl (C=O) groups is 1. The Kier molecular flexibility index (Phi) is 9.54. The van der Waals surface area contributed by atoms with E-state index in [1.54, 1.807) is 24.3 Å². The molecule has 1 aliphatic carbocycles. The maximum Gasteiger partial charge on any atom is 0.322 e. The zero-order valence-corrected chi connectivity index (χ0v) is 24.5. The molecule has 1 N–H and O–H groups in total. The number of nitrogens with one attached hydrogen (secondary N) is 1. The van der Waals surface area contributed by atoms with Crippen LogP contribution in [0.1, 0.15) is 24.0 Å². The van der Waals surface area contributed by atoms with Crippen LogP contribution in [-0.4, -0.2) is 105 Å². The zero-order valence-electron chi connectivity index (χ0n) is 22.2. The maximum atomic E-state index is 13.6. The van der Waals surface area contributed by atoms with Crippen molar-refractivity contribution >= 4 is 44.9 Å². The number of aryl methyl sites for hydroxylation is 1. The van der Waals surface area contributed by atoms with Crippen LogP contribution in [0.2, 0.25) is 10.3 Å². The van der Waals surface area contributed by atoms with Crippen molar-refractivity contribution in [2.75, 3.05) is 65.7 Å². The molecule has 4 rings (SSSR count). The Labute approximate surface area is 235 Å². The monoisotopic (exact) mass is 582 g/mol. The molecule has 12 heteroatoms. The van der Waals surface area contributed by atoms with E-state index >= 15 is 0 Å². The van der Waals surface area contributed by atoms with E-state index in [1.165, 1.54) is 18.4 Å². The summed E-state index contributed by atoms with van der Waals surface area (Å²) in [5.74, 6) is 0. The number of fused-ring (bicyclic) bond motifs is 1. The first-order chi connectivity index (χ1) is 18.0. The standard InChI is InChI=1S/C26H36Cl2N6O3S/c1-31(2)38(36,37)23-8-6-19-5-7-22(15-20(19)16-23)34(10-4-9-33-13-11-32(3)12-14-33)26(35)29-21-17-24(27)30-25(28)18-21/h6,8,16-18,22H,4-5,7,9-15H2,1-3H3,(H,29,30,35). The lowest BCUT2D eigenvalue weighted by Crippen LogP contribution is -2.48. The van der Waals surface area contributed by atoms with Crippen LogP contribution < -0.4 is 5.32 Å². The fourth-order valence-corrected chi connectivity index (χ4v) is 6.48. The SMILES string of the molecule is CN1CCN(CCCN(C(=O)Nc2cc(Cl)nc(Cl)c2)C2CCc3ccc(S(=O)(=O)N(C)C)cc3C2)CC1. The lowest BCUT2D eigenvalue weighted by molar-refractivity contribution is 0.140. The minimum absolute atomic E-state index is 0.0694. The third kappa shape index (κ3) is 7.16. The molecule has 1 aliphatic heterocycles. The van der Waals surface area contributed by atoms with Crippen LogP contribution in [-0.2, 0) is 22.9 Å². The van der Waals surface area contributed by atoms with Crippen LogP contribution in [0.4, 0.5) is 10.5 Å². The molecule has 2 heterocycles. The summed E-state index contributed by atoms with van der Waals surface area (Å²) >= 11 is 12.1. The third-order valence-electron chi connectivity index (χ3n) is 7.34. The van der Waals surface area contributed by atoms with Crippen molar-refractivity contribution in [3.8, 4) is 0 Å². The Bertz CT molecular complexity index is 1230. The number of carbonyl (C=O) groups excluding carboxylic acids is 1. The van der Waals surface area contributed by atoms with Gasteiger partial charge in [0.05, 0.1) is 4.90 Å². The number of nitrogens with zero attached hydrogens (tertiary/aromatic N) is 5. The number of likely N-dealkylation sites (N-methyl/N-ethyl adjacent to an activating group) is 1. The molecule has 9 nitrogen and oxygen atoms in total. The van der Waals surface area contributed by atoms with Crippen LogP contribution >= 0.6 is 23.2 Å². The van der Waals surface area contributed by atoms with E-state index in [2.05, 4.69) is 27.1 Å². The Morgan fingerprint density at radius 1 is 1.08 bits per heavy atom. The normalized spacial score (nSPS) is 18.8. The molecule has 0 bridgehead atoms. The van der Waals surface area contributed by atoms with Crippen molar-refractivity contribution in [1.82, 2.24) is 24.0 Å². The average molecular weight is 584 g/mol. The smallest absolute Gasteiger partial charge is 0.321 e. The number of benzene rings is 1. The van der Waals surface area contributed by atoms with Gasteiger partial charge in [0.15, 0.2) is 0 Å². The van der Waals surface area contributed by atoms with Gasteiger partial charge in [0.1, 0.15) is 10.3 Å². The van der Waals surface area contributed by atoms with E-state index in [0.29, 0.717) is 18.7 Å². The molecule has 2 amide bonds. The summed E-state index contributed by atoms with van der Waals surface area (Å²) in [5.41, 5.74) is 2.58. The number of halogens is 2. The number of pyridine rings is 1. The Morgan fingerprint density at radius 2 is 1.76 bits per heavy atom. The first-order valence-electron chi connectivity index (χ1n) is 12.9. The molecule has 1 aromatic heterocycles. The highest BCUT2D eigenvalue weighted by Crippen LogP contribution is 2.29. The van der Waals surface area contributed by atoms with Gasteiger partial charge in [-0.15, -0.1) is 0 Å². The quantitative estimate of drug-likeness (QED) is 0.478. The number of anilines is 1. The molecule has 0 radical (unpaired) electrons. The number of aromatic nitrogens is 1. The first kappa shape index (κ1) is 29.0. The molecule has 1 atom stereocenters. The predicted octanol–water partition coefficient (Wildman–Crippen LogP) is 3.67. The number of hydrogen-bond donors (Lipinski definition) is 1. The second-order valence-corrected chi connectivity index (χ2v) is 13.2. The van der Waals surface area contributed by atoms with E-state index in [4.69, 9.17) is 23.2 Å². The minimum atomic E-state index is -3.54. The number of piperazine rings is 1. The summed E-state index contributed by atoms with van der Waals surface area (Å²) in [4.78, 5) is 24.4. The van der Waals surface area contributed by atoms with Crippen molar-refractivity contribution in [2.24, 2.45) is 0 Å². The van der Waals surface area contributed by atoms with Gasteiger partial charge in [-0.1, -0.05) is 29.3 Å². The van der Waals surface area contributed by atoms with E-state index in [0.717, 1.165) is 63.1 Å². The fraction of sp³-hybridized carbons (Fsp3) is 0.538. The Hall–Kier alpha value is -1.95. The lowest BCUT2D eigenvalue weighted by Gasteiger charge is -2.37. The van der Waals surface area contributed by atoms with Gasteiger partial charge in [0, 0.05) is 58.5 Å². The number of sulfonamides is 1. The molecule has 1 fully saturated rings. The highest BCUT2D eigenvalue weighted by molar-refractivity contribution is 7.89. The molecular formula is C26H36Cl2N6O3S. The molecule has 0 spiro atoms. The fourth-order valence-electron chi connectivity index (χ4n) is 5.07. The Morgan fingerprint density at radius 3 is 2.42 bits per heavy atom. The Balaban J connectivity index is 1.52. The van der Waals surface area contributed by atoms with Crippen molar-refractivity contribution in [3.05, 3.63) is 51.8 Å². The third-order valence-corrected chi connectivity index (χ3v) is 9.54. The van der Waals surface area contributed by atoms with Crippen molar-refractivity contribution < 1.29 is 13.2 Å². The van der Waals surface area contributed by atoms with Crippen LogP contribution in [0, 0.1) is 0 Å². The van der Waals surface area contributed by atoms with Crippen LogP contribution in [0.3, 0.4) is 0 Å². The summed E-state index contributed by atoms with van der Waals surface area (Å²) < 4.78 is 26.7. The minimum Gasteiger partial charge on any atom is -0.321 e.